The van der Waals surface area contributed by atoms with Crippen LogP contribution in [0.25, 0.3) is 0 Å². The van der Waals surface area contributed by atoms with Crippen LogP contribution in [-0.2, 0) is 23.9 Å². The molecular weight excluding hydrogens is 246 g/mol. The molecule has 1 aliphatic heterocycles. The maximum atomic E-state index is 11.8. The van der Waals surface area contributed by atoms with Crippen LogP contribution in [-0.4, -0.2) is 35.7 Å². The second-order valence-electron chi connectivity index (χ2n) is 3.50. The summed E-state index contributed by atoms with van der Waals surface area (Å²) in [4.78, 5) is 28.7. The Morgan fingerprint density at radius 3 is 2.53 bits per heavy atom. The highest BCUT2D eigenvalue weighted by atomic mass is 32.1. The monoisotopic (exact) mass is 261 g/mol. The van der Waals surface area contributed by atoms with Crippen molar-refractivity contribution in [2.45, 2.75) is 32.3 Å². The lowest BCUT2D eigenvalue weighted by Gasteiger charge is -2.22. The highest BCUT2D eigenvalue weighted by Crippen LogP contribution is 2.27. The van der Waals surface area contributed by atoms with E-state index in [0.29, 0.717) is 4.99 Å². The fourth-order valence-electron chi connectivity index (χ4n) is 1.48. The van der Waals surface area contributed by atoms with Crippen molar-refractivity contribution >= 4 is 29.1 Å². The van der Waals surface area contributed by atoms with Crippen LogP contribution in [0.5, 0.6) is 0 Å². The molecule has 0 aliphatic carbocycles. The Balaban J connectivity index is 2.76. The summed E-state index contributed by atoms with van der Waals surface area (Å²) in [5.74, 6) is -1.13. The molecule has 1 atom stereocenters. The number of carbonyl (C=O) groups excluding carboxylic acids is 2. The predicted octanol–water partition coefficient (Wildman–Crippen LogP) is 0.494. The van der Waals surface area contributed by atoms with Crippen LogP contribution in [0.4, 0.5) is 0 Å². The number of carbonyl (C=O) groups is 2. The molecule has 1 unspecified atom stereocenters. The quantitative estimate of drug-likeness (QED) is 0.570. The molecule has 0 amide bonds. The number of hydrogen-bond donors (Lipinski definition) is 1. The number of rotatable bonds is 5. The SMILES string of the molecule is CCOC(=O)CC1(C(=O)OCC)CC(=S)NO1. The van der Waals surface area contributed by atoms with Gasteiger partial charge >= 0.3 is 11.9 Å². The average Bonchev–Trinajstić information content (AvgIpc) is 2.62. The summed E-state index contributed by atoms with van der Waals surface area (Å²) < 4.78 is 9.68. The topological polar surface area (TPSA) is 73.9 Å². The van der Waals surface area contributed by atoms with E-state index in [0.717, 1.165) is 0 Å². The second kappa shape index (κ2) is 5.92. The molecule has 1 heterocycles. The molecule has 1 saturated heterocycles. The summed E-state index contributed by atoms with van der Waals surface area (Å²) in [7, 11) is 0. The van der Waals surface area contributed by atoms with Gasteiger partial charge in [-0.25, -0.2) is 4.79 Å². The molecular formula is C10H15NO5S. The summed E-state index contributed by atoms with van der Waals surface area (Å²) >= 11 is 4.89. The Kier molecular flexibility index (Phi) is 4.83. The third-order valence-corrected chi connectivity index (χ3v) is 2.42. The van der Waals surface area contributed by atoms with Crippen LogP contribution in [0.15, 0.2) is 0 Å². The Hall–Kier alpha value is -1.21. The molecule has 1 aliphatic rings. The lowest BCUT2D eigenvalue weighted by atomic mass is 9.96. The predicted molar refractivity (Wildman–Crippen MR) is 62.0 cm³/mol. The van der Waals surface area contributed by atoms with Gasteiger partial charge in [-0.1, -0.05) is 12.2 Å². The van der Waals surface area contributed by atoms with E-state index in [1.807, 2.05) is 0 Å². The Morgan fingerprint density at radius 1 is 1.41 bits per heavy atom. The van der Waals surface area contributed by atoms with E-state index >= 15 is 0 Å². The van der Waals surface area contributed by atoms with Crippen LogP contribution < -0.4 is 5.48 Å². The van der Waals surface area contributed by atoms with Crippen molar-refractivity contribution in [3.05, 3.63) is 0 Å². The zero-order chi connectivity index (χ0) is 12.9. The Morgan fingerprint density at radius 2 is 2.06 bits per heavy atom. The van der Waals surface area contributed by atoms with Gasteiger partial charge in [0.15, 0.2) is 0 Å². The number of thiocarbonyl (C=S) groups is 1. The molecule has 0 saturated carbocycles. The summed E-state index contributed by atoms with van der Waals surface area (Å²) in [6.07, 6.45) is -0.0905. The highest BCUT2D eigenvalue weighted by Gasteiger charge is 2.49. The average molecular weight is 261 g/mol. The van der Waals surface area contributed by atoms with Gasteiger partial charge < -0.3 is 9.47 Å². The smallest absolute Gasteiger partial charge is 0.342 e. The fourth-order valence-corrected chi connectivity index (χ4v) is 1.75. The van der Waals surface area contributed by atoms with Gasteiger partial charge in [0.2, 0.25) is 5.60 Å². The number of hydrogen-bond acceptors (Lipinski definition) is 6. The Labute approximate surface area is 105 Å². The number of nitrogens with one attached hydrogen (secondary N) is 1. The van der Waals surface area contributed by atoms with E-state index in [2.05, 4.69) is 5.48 Å². The minimum Gasteiger partial charge on any atom is -0.466 e. The zero-order valence-corrected chi connectivity index (χ0v) is 10.6. The number of ether oxygens (including phenoxy) is 2. The van der Waals surface area contributed by atoms with E-state index in [1.165, 1.54) is 0 Å². The van der Waals surface area contributed by atoms with Gasteiger partial charge in [0, 0.05) is 6.42 Å². The lowest BCUT2D eigenvalue weighted by molar-refractivity contribution is -0.179. The summed E-state index contributed by atoms with van der Waals surface area (Å²) in [6, 6.07) is 0. The normalized spacial score (nSPS) is 23.1. The summed E-state index contributed by atoms with van der Waals surface area (Å²) in [6.45, 7) is 3.82. The third kappa shape index (κ3) is 3.37. The van der Waals surface area contributed by atoms with Crippen LogP contribution in [0.3, 0.4) is 0 Å². The molecule has 0 bridgehead atoms. The molecule has 1 N–H and O–H groups in total. The zero-order valence-electron chi connectivity index (χ0n) is 9.78. The first-order valence-corrected chi connectivity index (χ1v) is 5.74. The maximum absolute atomic E-state index is 11.8. The van der Waals surface area contributed by atoms with Gasteiger partial charge in [0.1, 0.15) is 4.99 Å². The van der Waals surface area contributed by atoms with Crippen molar-refractivity contribution in [3.8, 4) is 0 Å². The van der Waals surface area contributed by atoms with Gasteiger partial charge in [0.05, 0.1) is 19.6 Å². The minimum atomic E-state index is -1.39. The van der Waals surface area contributed by atoms with E-state index in [-0.39, 0.29) is 26.1 Å². The number of esters is 2. The van der Waals surface area contributed by atoms with Crippen molar-refractivity contribution in [2.24, 2.45) is 0 Å². The summed E-state index contributed by atoms with van der Waals surface area (Å²) in [5.41, 5.74) is 1.03. The van der Waals surface area contributed by atoms with E-state index in [1.54, 1.807) is 13.8 Å². The van der Waals surface area contributed by atoms with Gasteiger partial charge in [-0.3, -0.25) is 15.1 Å². The first-order valence-electron chi connectivity index (χ1n) is 5.33. The molecule has 96 valence electrons. The van der Waals surface area contributed by atoms with Crippen LogP contribution >= 0.6 is 12.2 Å². The van der Waals surface area contributed by atoms with Gasteiger partial charge in [-0.2, -0.15) is 0 Å². The molecule has 0 aromatic heterocycles. The fraction of sp³-hybridized carbons (Fsp3) is 0.700. The molecule has 0 radical (unpaired) electrons. The molecule has 17 heavy (non-hydrogen) atoms. The third-order valence-electron chi connectivity index (χ3n) is 2.19. The van der Waals surface area contributed by atoms with Gasteiger partial charge in [-0.05, 0) is 13.8 Å². The molecule has 0 spiro atoms. The van der Waals surface area contributed by atoms with E-state index < -0.39 is 17.5 Å². The maximum Gasteiger partial charge on any atom is 0.342 e. The molecule has 0 aromatic carbocycles. The van der Waals surface area contributed by atoms with Gasteiger partial charge in [0.25, 0.3) is 0 Å². The van der Waals surface area contributed by atoms with Gasteiger partial charge in [-0.15, -0.1) is 0 Å². The Bertz CT molecular complexity index is 333. The van der Waals surface area contributed by atoms with Crippen molar-refractivity contribution < 1.29 is 23.9 Å². The summed E-state index contributed by atoms with van der Waals surface area (Å²) in [5, 5.41) is 0. The second-order valence-corrected chi connectivity index (χ2v) is 3.99. The van der Waals surface area contributed by atoms with E-state index in [9.17, 15) is 9.59 Å². The van der Waals surface area contributed by atoms with Crippen molar-refractivity contribution in [3.63, 3.8) is 0 Å². The minimum absolute atomic E-state index is 0.125. The van der Waals surface area contributed by atoms with Crippen LogP contribution in [0, 0.1) is 0 Å². The van der Waals surface area contributed by atoms with Crippen LogP contribution in [0.1, 0.15) is 26.7 Å². The molecule has 6 nitrogen and oxygen atoms in total. The number of hydroxylamine groups is 1. The first-order chi connectivity index (χ1) is 8.04. The molecule has 7 heteroatoms. The largest absolute Gasteiger partial charge is 0.466 e. The molecule has 1 fully saturated rings. The molecule has 1 rings (SSSR count). The van der Waals surface area contributed by atoms with Crippen molar-refractivity contribution in [2.75, 3.05) is 13.2 Å². The van der Waals surface area contributed by atoms with Crippen molar-refractivity contribution in [1.82, 2.24) is 5.48 Å². The lowest BCUT2D eigenvalue weighted by Crippen LogP contribution is -2.43. The first kappa shape index (κ1) is 13.9. The highest BCUT2D eigenvalue weighted by molar-refractivity contribution is 7.80. The van der Waals surface area contributed by atoms with Crippen molar-refractivity contribution in [1.29, 1.82) is 0 Å². The van der Waals surface area contributed by atoms with E-state index in [4.69, 9.17) is 26.5 Å². The van der Waals surface area contributed by atoms with Crippen LogP contribution in [0.2, 0.25) is 0 Å². The standard InChI is InChI=1S/C10H15NO5S/c1-3-14-8(12)6-10(9(13)15-4-2)5-7(17)11-16-10/h3-6H2,1-2H3,(H,11,17). The molecule has 0 aromatic rings.